The van der Waals surface area contributed by atoms with Gasteiger partial charge in [0.05, 0.1) is 22.7 Å². The Morgan fingerprint density at radius 3 is 2.70 bits per heavy atom. The second-order valence-corrected chi connectivity index (χ2v) is 8.91. The second-order valence-electron chi connectivity index (χ2n) is 8.06. The lowest BCUT2D eigenvalue weighted by molar-refractivity contribution is -0.141. The number of nitrogens with zero attached hydrogens (tertiary/aromatic N) is 3. The van der Waals surface area contributed by atoms with Crippen LogP contribution in [0.25, 0.3) is 22.5 Å². The van der Waals surface area contributed by atoms with Gasteiger partial charge in [-0.25, -0.2) is 4.98 Å². The number of piperidine rings is 1. The lowest BCUT2D eigenvalue weighted by Gasteiger charge is -2.30. The molecule has 1 atom stereocenters. The Kier molecular flexibility index (Phi) is 6.54. The number of aryl methyl sites for hydroxylation is 2. The summed E-state index contributed by atoms with van der Waals surface area (Å²) in [6, 6.07) is 10.5. The van der Waals surface area contributed by atoms with Gasteiger partial charge in [-0.3, -0.25) is 19.7 Å². The van der Waals surface area contributed by atoms with Crippen LogP contribution in [0.1, 0.15) is 24.0 Å². The molecule has 1 aliphatic rings. The number of amides is 3. The third kappa shape index (κ3) is 4.65. The molecule has 170 valence electrons. The largest absolute Gasteiger partial charge is 0.333 e. The second kappa shape index (κ2) is 9.37. The molecule has 1 unspecified atom stereocenters. The van der Waals surface area contributed by atoms with Gasteiger partial charge in [0.2, 0.25) is 18.2 Å². The van der Waals surface area contributed by atoms with Gasteiger partial charge in [0.15, 0.2) is 0 Å². The standard InChI is InChI=1S/C24H22Cl2N4O3/c1-14-3-4-15(9-16(14)11-30(13-31)20-7-8-21(32)28-24(20)33)22-23(29(2)12-27-22)18-6-5-17(25)10-19(18)26/h3-6,9-10,12-13,20H,7-8,11H2,1-2H3,(H,28,32,33). The van der Waals surface area contributed by atoms with Crippen LogP contribution in [0.2, 0.25) is 10.0 Å². The van der Waals surface area contributed by atoms with Crippen LogP contribution in [-0.4, -0.2) is 38.7 Å². The fraction of sp³-hybridized carbons (Fsp3) is 0.250. The molecule has 2 heterocycles. The topological polar surface area (TPSA) is 84.3 Å². The van der Waals surface area contributed by atoms with Crippen LogP contribution in [0.5, 0.6) is 0 Å². The van der Waals surface area contributed by atoms with Gasteiger partial charge in [-0.2, -0.15) is 0 Å². The van der Waals surface area contributed by atoms with Crippen LogP contribution in [0, 0.1) is 6.92 Å². The maximum Gasteiger partial charge on any atom is 0.249 e. The van der Waals surface area contributed by atoms with E-state index in [1.54, 1.807) is 18.5 Å². The van der Waals surface area contributed by atoms with E-state index in [1.165, 1.54) is 4.90 Å². The number of rotatable bonds is 6. The minimum atomic E-state index is -0.679. The molecule has 0 bridgehead atoms. The molecule has 3 amide bonds. The fourth-order valence-electron chi connectivity index (χ4n) is 4.05. The highest BCUT2D eigenvalue weighted by molar-refractivity contribution is 6.36. The Hall–Kier alpha value is -3.16. The van der Waals surface area contributed by atoms with E-state index in [9.17, 15) is 14.4 Å². The van der Waals surface area contributed by atoms with Crippen LogP contribution >= 0.6 is 23.2 Å². The highest BCUT2D eigenvalue weighted by Gasteiger charge is 2.31. The number of aromatic nitrogens is 2. The normalized spacial score (nSPS) is 15.9. The van der Waals surface area contributed by atoms with Crippen LogP contribution in [0.3, 0.4) is 0 Å². The molecular weight excluding hydrogens is 463 g/mol. The molecule has 0 radical (unpaired) electrons. The van der Waals surface area contributed by atoms with Crippen molar-refractivity contribution in [1.82, 2.24) is 19.8 Å². The van der Waals surface area contributed by atoms with Crippen molar-refractivity contribution in [2.75, 3.05) is 0 Å². The van der Waals surface area contributed by atoms with E-state index in [4.69, 9.17) is 23.2 Å². The van der Waals surface area contributed by atoms with E-state index < -0.39 is 11.9 Å². The minimum absolute atomic E-state index is 0.207. The van der Waals surface area contributed by atoms with E-state index in [0.29, 0.717) is 22.9 Å². The predicted octanol–water partition coefficient (Wildman–Crippen LogP) is 4.13. The molecule has 1 aliphatic heterocycles. The zero-order chi connectivity index (χ0) is 23.7. The first-order valence-corrected chi connectivity index (χ1v) is 11.2. The van der Waals surface area contributed by atoms with Crippen molar-refractivity contribution in [2.45, 2.75) is 32.4 Å². The lowest BCUT2D eigenvalue weighted by Crippen LogP contribution is -2.51. The van der Waals surface area contributed by atoms with Crippen molar-refractivity contribution in [3.63, 3.8) is 0 Å². The molecule has 1 fully saturated rings. The number of hydrogen-bond acceptors (Lipinski definition) is 4. The summed E-state index contributed by atoms with van der Waals surface area (Å²) in [5.41, 5.74) is 5.08. The molecule has 9 heteroatoms. The first kappa shape index (κ1) is 23.0. The van der Waals surface area contributed by atoms with E-state index in [2.05, 4.69) is 10.3 Å². The number of imidazole rings is 1. The molecule has 0 saturated carbocycles. The number of imide groups is 1. The minimum Gasteiger partial charge on any atom is -0.333 e. The van der Waals surface area contributed by atoms with E-state index in [-0.39, 0.29) is 18.9 Å². The Balaban J connectivity index is 1.69. The Morgan fingerprint density at radius 2 is 2.00 bits per heavy atom. The summed E-state index contributed by atoms with van der Waals surface area (Å²) in [5, 5.41) is 3.37. The first-order valence-electron chi connectivity index (χ1n) is 10.4. The van der Waals surface area contributed by atoms with Crippen LogP contribution in [-0.2, 0) is 28.0 Å². The van der Waals surface area contributed by atoms with Crippen LogP contribution in [0.15, 0.2) is 42.7 Å². The molecule has 4 rings (SSSR count). The molecule has 0 spiro atoms. The highest BCUT2D eigenvalue weighted by Crippen LogP contribution is 2.37. The molecule has 2 aromatic carbocycles. The van der Waals surface area contributed by atoms with E-state index in [1.807, 2.05) is 42.8 Å². The number of halogens is 2. The summed E-state index contributed by atoms with van der Waals surface area (Å²) < 4.78 is 1.89. The Morgan fingerprint density at radius 1 is 1.21 bits per heavy atom. The zero-order valence-corrected chi connectivity index (χ0v) is 19.7. The zero-order valence-electron chi connectivity index (χ0n) is 18.1. The Labute approximate surface area is 201 Å². The van der Waals surface area contributed by atoms with Gasteiger partial charge in [-0.1, -0.05) is 35.3 Å². The van der Waals surface area contributed by atoms with Gasteiger partial charge in [0.25, 0.3) is 0 Å². The predicted molar refractivity (Wildman–Crippen MR) is 127 cm³/mol. The Bertz CT molecular complexity index is 1250. The van der Waals surface area contributed by atoms with Crippen LogP contribution < -0.4 is 5.32 Å². The number of carbonyl (C=O) groups is 3. The van der Waals surface area contributed by atoms with Crippen LogP contribution in [0.4, 0.5) is 0 Å². The summed E-state index contributed by atoms with van der Waals surface area (Å²) >= 11 is 12.5. The first-order chi connectivity index (χ1) is 15.8. The molecule has 33 heavy (non-hydrogen) atoms. The van der Waals surface area contributed by atoms with Gasteiger partial charge in [-0.15, -0.1) is 0 Å². The van der Waals surface area contributed by atoms with Crippen molar-refractivity contribution < 1.29 is 14.4 Å². The average Bonchev–Trinajstić information content (AvgIpc) is 3.15. The maximum atomic E-state index is 12.3. The van der Waals surface area contributed by atoms with Crippen molar-refractivity contribution in [2.24, 2.45) is 7.05 Å². The molecule has 1 saturated heterocycles. The average molecular weight is 485 g/mol. The van der Waals surface area contributed by atoms with Crippen molar-refractivity contribution in [3.05, 3.63) is 63.9 Å². The molecular formula is C24H22Cl2N4O3. The molecule has 7 nitrogen and oxygen atoms in total. The molecule has 0 aliphatic carbocycles. The van der Waals surface area contributed by atoms with E-state index >= 15 is 0 Å². The quantitative estimate of drug-likeness (QED) is 0.420. The molecule has 3 aromatic rings. The number of benzene rings is 2. The maximum absolute atomic E-state index is 12.3. The van der Waals surface area contributed by atoms with Gasteiger partial charge in [-0.05, 0) is 48.7 Å². The van der Waals surface area contributed by atoms with Gasteiger partial charge >= 0.3 is 0 Å². The summed E-state index contributed by atoms with van der Waals surface area (Å²) in [6.45, 7) is 2.18. The monoisotopic (exact) mass is 484 g/mol. The summed E-state index contributed by atoms with van der Waals surface area (Å²) in [4.78, 5) is 41.6. The van der Waals surface area contributed by atoms with Crippen molar-refractivity contribution >= 4 is 41.4 Å². The summed E-state index contributed by atoms with van der Waals surface area (Å²) in [6.07, 6.45) is 2.89. The van der Waals surface area contributed by atoms with Gasteiger partial charge < -0.3 is 9.47 Å². The van der Waals surface area contributed by atoms with Crippen molar-refractivity contribution in [3.8, 4) is 22.5 Å². The van der Waals surface area contributed by atoms with Gasteiger partial charge in [0.1, 0.15) is 6.04 Å². The lowest BCUT2D eigenvalue weighted by atomic mass is 9.98. The fourth-order valence-corrected chi connectivity index (χ4v) is 4.54. The summed E-state index contributed by atoms with van der Waals surface area (Å²) in [5.74, 6) is -0.764. The summed E-state index contributed by atoms with van der Waals surface area (Å²) in [7, 11) is 1.89. The number of hydrogen-bond donors (Lipinski definition) is 1. The third-order valence-corrected chi connectivity index (χ3v) is 6.39. The highest BCUT2D eigenvalue weighted by atomic mass is 35.5. The number of carbonyl (C=O) groups excluding carboxylic acids is 3. The van der Waals surface area contributed by atoms with Gasteiger partial charge in [0, 0.05) is 36.2 Å². The number of nitrogens with one attached hydrogen (secondary N) is 1. The van der Waals surface area contributed by atoms with Crippen molar-refractivity contribution in [1.29, 1.82) is 0 Å². The molecule has 1 aromatic heterocycles. The third-order valence-electron chi connectivity index (χ3n) is 5.84. The SMILES string of the molecule is Cc1ccc(-c2ncn(C)c2-c2ccc(Cl)cc2Cl)cc1CN(C=O)C1CCC(=O)NC1=O. The smallest absolute Gasteiger partial charge is 0.249 e. The van der Waals surface area contributed by atoms with E-state index in [0.717, 1.165) is 33.6 Å². The molecule has 1 N–H and O–H groups in total.